The summed E-state index contributed by atoms with van der Waals surface area (Å²) in [5.41, 5.74) is 5.06. The van der Waals surface area contributed by atoms with E-state index in [1.54, 1.807) is 0 Å². The molecule has 2 amide bonds. The van der Waals surface area contributed by atoms with Gasteiger partial charge in [-0.25, -0.2) is 9.78 Å². The van der Waals surface area contributed by atoms with Crippen LogP contribution in [0.5, 0.6) is 11.5 Å². The van der Waals surface area contributed by atoms with Crippen LogP contribution in [0.4, 0.5) is 4.79 Å². The molecule has 18 heavy (non-hydrogen) atoms. The Labute approximate surface area is 103 Å². The maximum Gasteiger partial charge on any atom is 0.413 e. The Morgan fingerprint density at radius 2 is 2.28 bits per heavy atom. The second-order valence-electron chi connectivity index (χ2n) is 3.03. The summed E-state index contributed by atoms with van der Waals surface area (Å²) in [7, 11) is 1.35. The molecule has 0 spiro atoms. The summed E-state index contributed by atoms with van der Waals surface area (Å²) in [5, 5.41) is 2.30. The standard InChI is InChI=1S/C11H11N3O4/c1-3-4-13-11(16)18-9-6-14-7(10(12)15)5-8(9)17-2/h1,5-6H,4H2,2H3,(H2,12,15)(H,13,16). The zero-order valence-corrected chi connectivity index (χ0v) is 9.60. The number of hydrogen-bond acceptors (Lipinski definition) is 5. The predicted molar refractivity (Wildman–Crippen MR) is 62.2 cm³/mol. The van der Waals surface area contributed by atoms with Crippen molar-refractivity contribution < 1.29 is 19.1 Å². The highest BCUT2D eigenvalue weighted by Gasteiger charge is 2.13. The van der Waals surface area contributed by atoms with Crippen LogP contribution in [0.15, 0.2) is 12.3 Å². The number of terminal acetylenes is 1. The molecule has 0 unspecified atom stereocenters. The number of nitrogens with zero attached hydrogens (tertiary/aromatic N) is 1. The fourth-order valence-electron chi connectivity index (χ4n) is 1.05. The van der Waals surface area contributed by atoms with E-state index in [0.717, 1.165) is 6.20 Å². The summed E-state index contributed by atoms with van der Waals surface area (Å²) in [5.74, 6) is 1.72. The van der Waals surface area contributed by atoms with Gasteiger partial charge in [0.2, 0.25) is 0 Å². The fourth-order valence-corrected chi connectivity index (χ4v) is 1.05. The Hall–Kier alpha value is -2.75. The number of amides is 2. The van der Waals surface area contributed by atoms with Crippen molar-refractivity contribution in [2.75, 3.05) is 13.7 Å². The van der Waals surface area contributed by atoms with Gasteiger partial charge in [0.1, 0.15) is 5.69 Å². The summed E-state index contributed by atoms with van der Waals surface area (Å²) in [6, 6.07) is 1.27. The smallest absolute Gasteiger partial charge is 0.413 e. The molecule has 1 heterocycles. The van der Waals surface area contributed by atoms with E-state index in [1.165, 1.54) is 13.2 Å². The van der Waals surface area contributed by atoms with E-state index >= 15 is 0 Å². The first-order valence-corrected chi connectivity index (χ1v) is 4.81. The minimum absolute atomic E-state index is 0.00299. The Bertz CT molecular complexity index is 508. The molecule has 7 heteroatoms. The normalized spacial score (nSPS) is 9.11. The van der Waals surface area contributed by atoms with E-state index < -0.39 is 12.0 Å². The monoisotopic (exact) mass is 249 g/mol. The van der Waals surface area contributed by atoms with Gasteiger partial charge in [0, 0.05) is 6.07 Å². The quantitative estimate of drug-likeness (QED) is 0.726. The van der Waals surface area contributed by atoms with Crippen LogP contribution in [0.3, 0.4) is 0 Å². The summed E-state index contributed by atoms with van der Waals surface area (Å²) < 4.78 is 9.84. The highest BCUT2D eigenvalue weighted by molar-refractivity contribution is 5.91. The van der Waals surface area contributed by atoms with Crippen LogP contribution in [0.25, 0.3) is 0 Å². The molecule has 0 aliphatic rings. The van der Waals surface area contributed by atoms with Gasteiger partial charge in [-0.3, -0.25) is 4.79 Å². The SMILES string of the molecule is C#CCNC(=O)Oc1cnc(C(N)=O)cc1OC. The molecule has 0 aliphatic carbocycles. The number of hydrogen-bond donors (Lipinski definition) is 2. The van der Waals surface area contributed by atoms with Gasteiger partial charge < -0.3 is 20.5 Å². The molecule has 0 saturated heterocycles. The van der Waals surface area contributed by atoms with E-state index in [4.69, 9.17) is 21.6 Å². The third kappa shape index (κ3) is 3.38. The summed E-state index contributed by atoms with van der Waals surface area (Å²) in [4.78, 5) is 25.9. The molecule has 0 aliphatic heterocycles. The second kappa shape index (κ2) is 6.10. The number of primary amides is 1. The molecule has 0 bridgehead atoms. The molecule has 0 aromatic carbocycles. The van der Waals surface area contributed by atoms with Crippen LogP contribution in [0.2, 0.25) is 0 Å². The average molecular weight is 249 g/mol. The zero-order valence-electron chi connectivity index (χ0n) is 9.60. The number of methoxy groups -OCH3 is 1. The topological polar surface area (TPSA) is 104 Å². The fraction of sp³-hybridized carbons (Fsp3) is 0.182. The Kier molecular flexibility index (Phi) is 4.51. The van der Waals surface area contributed by atoms with Crippen molar-refractivity contribution in [3.05, 3.63) is 18.0 Å². The molecule has 1 rings (SSSR count). The maximum atomic E-state index is 11.3. The maximum absolute atomic E-state index is 11.3. The summed E-state index contributed by atoms with van der Waals surface area (Å²) >= 11 is 0. The Morgan fingerprint density at radius 1 is 1.56 bits per heavy atom. The van der Waals surface area contributed by atoms with Crippen molar-refractivity contribution in [1.29, 1.82) is 0 Å². The van der Waals surface area contributed by atoms with Crippen LogP contribution in [0.1, 0.15) is 10.5 Å². The van der Waals surface area contributed by atoms with Gasteiger partial charge in [0.25, 0.3) is 5.91 Å². The van der Waals surface area contributed by atoms with E-state index in [2.05, 4.69) is 16.2 Å². The first kappa shape index (κ1) is 13.3. The lowest BCUT2D eigenvalue weighted by Gasteiger charge is -2.09. The number of nitrogens with two attached hydrogens (primary N) is 1. The highest BCUT2D eigenvalue weighted by Crippen LogP contribution is 2.26. The van der Waals surface area contributed by atoms with E-state index in [1.807, 2.05) is 0 Å². The van der Waals surface area contributed by atoms with Gasteiger partial charge >= 0.3 is 6.09 Å². The Balaban J connectivity index is 2.86. The minimum Gasteiger partial charge on any atom is -0.493 e. The zero-order chi connectivity index (χ0) is 13.5. The molecule has 0 radical (unpaired) electrons. The van der Waals surface area contributed by atoms with Crippen LogP contribution in [-0.4, -0.2) is 30.6 Å². The van der Waals surface area contributed by atoms with Gasteiger partial charge in [-0.15, -0.1) is 6.42 Å². The molecule has 3 N–H and O–H groups in total. The molecule has 0 fully saturated rings. The van der Waals surface area contributed by atoms with Crippen molar-refractivity contribution in [3.8, 4) is 23.8 Å². The number of pyridine rings is 1. The van der Waals surface area contributed by atoms with Crippen molar-refractivity contribution in [2.24, 2.45) is 5.73 Å². The molecule has 7 nitrogen and oxygen atoms in total. The van der Waals surface area contributed by atoms with Gasteiger partial charge in [0.15, 0.2) is 11.5 Å². The minimum atomic E-state index is -0.750. The van der Waals surface area contributed by atoms with Crippen molar-refractivity contribution in [3.63, 3.8) is 0 Å². The molecular formula is C11H11N3O4. The molecule has 0 atom stereocenters. The number of nitrogens with one attached hydrogen (secondary N) is 1. The second-order valence-corrected chi connectivity index (χ2v) is 3.03. The van der Waals surface area contributed by atoms with Crippen LogP contribution >= 0.6 is 0 Å². The number of carbonyl (C=O) groups excluding carboxylic acids is 2. The van der Waals surface area contributed by atoms with Crippen molar-refractivity contribution >= 4 is 12.0 Å². The highest BCUT2D eigenvalue weighted by atomic mass is 16.6. The van der Waals surface area contributed by atoms with Gasteiger partial charge in [-0.05, 0) is 0 Å². The lowest BCUT2D eigenvalue weighted by atomic mass is 10.3. The Morgan fingerprint density at radius 3 is 2.83 bits per heavy atom. The van der Waals surface area contributed by atoms with Crippen molar-refractivity contribution in [2.45, 2.75) is 0 Å². The van der Waals surface area contributed by atoms with Gasteiger partial charge in [-0.1, -0.05) is 5.92 Å². The summed E-state index contributed by atoms with van der Waals surface area (Å²) in [6.07, 6.45) is 5.38. The average Bonchev–Trinajstić information content (AvgIpc) is 2.36. The van der Waals surface area contributed by atoms with Crippen LogP contribution in [-0.2, 0) is 0 Å². The molecule has 1 aromatic rings. The molecule has 0 saturated carbocycles. The lowest BCUT2D eigenvalue weighted by Crippen LogP contribution is -2.27. The van der Waals surface area contributed by atoms with E-state index in [-0.39, 0.29) is 23.7 Å². The molecular weight excluding hydrogens is 238 g/mol. The number of rotatable bonds is 4. The third-order valence-electron chi connectivity index (χ3n) is 1.84. The first-order chi connectivity index (χ1) is 8.58. The number of aromatic nitrogens is 1. The van der Waals surface area contributed by atoms with Gasteiger partial charge in [-0.2, -0.15) is 0 Å². The van der Waals surface area contributed by atoms with Gasteiger partial charge in [0.05, 0.1) is 19.9 Å². The molecule has 94 valence electrons. The van der Waals surface area contributed by atoms with Crippen LogP contribution in [0, 0.1) is 12.3 Å². The largest absolute Gasteiger partial charge is 0.493 e. The third-order valence-corrected chi connectivity index (χ3v) is 1.84. The van der Waals surface area contributed by atoms with Crippen LogP contribution < -0.4 is 20.5 Å². The van der Waals surface area contributed by atoms with E-state index in [9.17, 15) is 9.59 Å². The van der Waals surface area contributed by atoms with Crippen molar-refractivity contribution in [1.82, 2.24) is 10.3 Å². The number of carbonyl (C=O) groups is 2. The molecule has 1 aromatic heterocycles. The first-order valence-electron chi connectivity index (χ1n) is 4.81. The lowest BCUT2D eigenvalue weighted by molar-refractivity contribution is 0.0995. The van der Waals surface area contributed by atoms with E-state index in [0.29, 0.717) is 0 Å². The predicted octanol–water partition coefficient (Wildman–Crippen LogP) is -0.0893. The number of ether oxygens (including phenoxy) is 2. The summed E-state index contributed by atoms with van der Waals surface area (Å²) in [6.45, 7) is 0.0357.